The Labute approximate surface area is 166 Å². The van der Waals surface area contributed by atoms with Crippen LogP contribution in [-0.2, 0) is 19.5 Å². The van der Waals surface area contributed by atoms with Gasteiger partial charge in [-0.15, -0.1) is 10.2 Å². The van der Waals surface area contributed by atoms with Crippen LogP contribution in [0.15, 0.2) is 12.3 Å². The zero-order valence-electron chi connectivity index (χ0n) is 17.1. The number of nitrogens with zero attached hydrogens (tertiary/aromatic N) is 6. The van der Waals surface area contributed by atoms with E-state index in [2.05, 4.69) is 56.7 Å². The van der Waals surface area contributed by atoms with Gasteiger partial charge in [-0.05, 0) is 32.3 Å². The van der Waals surface area contributed by atoms with E-state index in [0.717, 1.165) is 63.5 Å². The summed E-state index contributed by atoms with van der Waals surface area (Å²) in [4.78, 5) is 14.8. The van der Waals surface area contributed by atoms with Crippen LogP contribution >= 0.6 is 0 Å². The van der Waals surface area contributed by atoms with Gasteiger partial charge in [0.25, 0.3) is 0 Å². The second kappa shape index (κ2) is 7.93. The Hall–Kier alpha value is -2.38. The monoisotopic (exact) mass is 385 g/mol. The third-order valence-electron chi connectivity index (χ3n) is 6.07. The lowest BCUT2D eigenvalue weighted by Gasteiger charge is -2.34. The van der Waals surface area contributed by atoms with Crippen LogP contribution in [0.2, 0.25) is 0 Å². The van der Waals surface area contributed by atoms with E-state index in [9.17, 15) is 4.79 Å². The van der Waals surface area contributed by atoms with Crippen molar-refractivity contribution in [3.05, 3.63) is 29.6 Å². The van der Waals surface area contributed by atoms with Crippen molar-refractivity contribution in [2.75, 3.05) is 13.1 Å². The molecule has 0 spiro atoms. The maximum Gasteiger partial charge on any atom is 0.317 e. The van der Waals surface area contributed by atoms with Crippen LogP contribution in [0.4, 0.5) is 4.79 Å². The summed E-state index contributed by atoms with van der Waals surface area (Å²) in [7, 11) is 0. The van der Waals surface area contributed by atoms with Crippen LogP contribution in [0.3, 0.4) is 0 Å². The van der Waals surface area contributed by atoms with Gasteiger partial charge in [0.2, 0.25) is 0 Å². The average molecular weight is 386 g/mol. The second-order valence-electron chi connectivity index (χ2n) is 8.26. The molecule has 2 aromatic heterocycles. The fraction of sp³-hybridized carbons (Fsp3) is 0.700. The first-order valence-electron chi connectivity index (χ1n) is 10.6. The van der Waals surface area contributed by atoms with Crippen molar-refractivity contribution < 1.29 is 4.79 Å². The van der Waals surface area contributed by atoms with Gasteiger partial charge in [-0.25, -0.2) is 4.79 Å². The number of urea groups is 1. The third kappa shape index (κ3) is 3.64. The van der Waals surface area contributed by atoms with E-state index in [1.165, 1.54) is 5.69 Å². The molecule has 0 saturated carbocycles. The molecule has 0 bridgehead atoms. The van der Waals surface area contributed by atoms with Gasteiger partial charge in [0.15, 0.2) is 0 Å². The van der Waals surface area contributed by atoms with Crippen LogP contribution < -0.4 is 5.32 Å². The topological polar surface area (TPSA) is 80.9 Å². The number of carbonyl (C=O) groups is 1. The summed E-state index contributed by atoms with van der Waals surface area (Å²) in [5, 5.41) is 16.3. The molecule has 1 N–H and O–H groups in total. The molecule has 152 valence electrons. The maximum atomic E-state index is 12.8. The minimum Gasteiger partial charge on any atom is -0.333 e. The van der Waals surface area contributed by atoms with Crippen LogP contribution in [0.25, 0.3) is 0 Å². The van der Waals surface area contributed by atoms with Gasteiger partial charge in [-0.3, -0.25) is 4.68 Å². The zero-order chi connectivity index (χ0) is 19.7. The van der Waals surface area contributed by atoms with Crippen molar-refractivity contribution in [1.29, 1.82) is 0 Å². The van der Waals surface area contributed by atoms with Gasteiger partial charge in [-0.1, -0.05) is 13.8 Å². The SMILES string of the molecule is CCn1nccc1C1CCN(C(=O)NC2CCc3nnc(C(C)C)n3C2)CC1. The molecule has 0 aromatic carbocycles. The quantitative estimate of drug-likeness (QED) is 0.877. The number of hydrogen-bond donors (Lipinski definition) is 1. The lowest BCUT2D eigenvalue weighted by Crippen LogP contribution is -2.50. The Morgan fingerprint density at radius 1 is 1.25 bits per heavy atom. The highest BCUT2D eigenvalue weighted by Crippen LogP contribution is 2.28. The van der Waals surface area contributed by atoms with Crippen molar-refractivity contribution in [2.24, 2.45) is 0 Å². The predicted molar refractivity (Wildman–Crippen MR) is 106 cm³/mol. The van der Waals surface area contributed by atoms with Crippen LogP contribution in [0, 0.1) is 0 Å². The molecule has 2 aliphatic rings. The van der Waals surface area contributed by atoms with E-state index >= 15 is 0 Å². The summed E-state index contributed by atoms with van der Waals surface area (Å²) < 4.78 is 4.27. The molecule has 4 rings (SSSR count). The van der Waals surface area contributed by atoms with Crippen molar-refractivity contribution >= 4 is 6.03 Å². The Morgan fingerprint density at radius 2 is 2.04 bits per heavy atom. The number of likely N-dealkylation sites (tertiary alicyclic amines) is 1. The number of nitrogens with one attached hydrogen (secondary N) is 1. The second-order valence-corrected chi connectivity index (χ2v) is 8.26. The molecule has 1 fully saturated rings. The molecule has 0 aliphatic carbocycles. The number of amides is 2. The Morgan fingerprint density at radius 3 is 2.75 bits per heavy atom. The molecule has 28 heavy (non-hydrogen) atoms. The summed E-state index contributed by atoms with van der Waals surface area (Å²) >= 11 is 0. The summed E-state index contributed by atoms with van der Waals surface area (Å²) in [6.07, 6.45) is 5.67. The lowest BCUT2D eigenvalue weighted by molar-refractivity contribution is 0.173. The highest BCUT2D eigenvalue weighted by molar-refractivity contribution is 5.74. The molecular weight excluding hydrogens is 354 g/mol. The summed E-state index contributed by atoms with van der Waals surface area (Å²) in [6.45, 7) is 9.65. The minimum atomic E-state index is 0.0649. The number of aryl methyl sites for hydroxylation is 2. The van der Waals surface area contributed by atoms with E-state index in [0.29, 0.717) is 11.8 Å². The third-order valence-corrected chi connectivity index (χ3v) is 6.07. The first-order valence-corrected chi connectivity index (χ1v) is 10.6. The molecule has 2 aromatic rings. The number of fused-ring (bicyclic) bond motifs is 1. The normalized spacial score (nSPS) is 20.4. The number of carbonyl (C=O) groups excluding carboxylic acids is 1. The van der Waals surface area contributed by atoms with Crippen LogP contribution in [-0.4, -0.2) is 54.6 Å². The first-order chi connectivity index (χ1) is 13.6. The Kier molecular flexibility index (Phi) is 5.37. The van der Waals surface area contributed by atoms with Crippen molar-refractivity contribution in [1.82, 2.24) is 34.8 Å². The molecule has 4 heterocycles. The molecule has 2 amide bonds. The van der Waals surface area contributed by atoms with E-state index in [1.807, 2.05) is 11.1 Å². The molecule has 8 nitrogen and oxygen atoms in total. The fourth-order valence-corrected chi connectivity index (χ4v) is 4.49. The molecule has 0 radical (unpaired) electrons. The summed E-state index contributed by atoms with van der Waals surface area (Å²) in [5.41, 5.74) is 1.30. The number of rotatable bonds is 4. The van der Waals surface area contributed by atoms with E-state index in [4.69, 9.17) is 0 Å². The van der Waals surface area contributed by atoms with Gasteiger partial charge in [-0.2, -0.15) is 5.10 Å². The summed E-state index contributed by atoms with van der Waals surface area (Å²) in [5.74, 6) is 2.89. The first kappa shape index (κ1) is 19.0. The Balaban J connectivity index is 1.32. The number of piperidine rings is 1. The smallest absolute Gasteiger partial charge is 0.317 e. The standard InChI is InChI=1S/C20H31N7O/c1-4-27-17(7-10-21-27)15-8-11-25(12-9-15)20(28)22-16-5-6-18-23-24-19(14(2)3)26(18)13-16/h7,10,14-16H,4-6,8-9,11-13H2,1-3H3,(H,22,28). The predicted octanol–water partition coefficient (Wildman–Crippen LogP) is 2.52. The highest BCUT2D eigenvalue weighted by atomic mass is 16.2. The van der Waals surface area contributed by atoms with Crippen LogP contribution in [0.1, 0.15) is 69.2 Å². The molecule has 1 saturated heterocycles. The van der Waals surface area contributed by atoms with Crippen molar-refractivity contribution in [3.8, 4) is 0 Å². The number of hydrogen-bond acceptors (Lipinski definition) is 4. The lowest BCUT2D eigenvalue weighted by atomic mass is 9.93. The molecule has 1 unspecified atom stereocenters. The molecule has 8 heteroatoms. The minimum absolute atomic E-state index is 0.0649. The summed E-state index contributed by atoms with van der Waals surface area (Å²) in [6, 6.07) is 2.33. The molecule has 1 atom stereocenters. The van der Waals surface area contributed by atoms with Gasteiger partial charge in [0.1, 0.15) is 11.6 Å². The molecule has 2 aliphatic heterocycles. The van der Waals surface area contributed by atoms with E-state index in [-0.39, 0.29) is 12.1 Å². The van der Waals surface area contributed by atoms with E-state index in [1.54, 1.807) is 0 Å². The average Bonchev–Trinajstić information content (AvgIpc) is 3.34. The van der Waals surface area contributed by atoms with Gasteiger partial charge >= 0.3 is 6.03 Å². The highest BCUT2D eigenvalue weighted by Gasteiger charge is 2.29. The maximum absolute atomic E-state index is 12.8. The molecular formula is C20H31N7O. The number of aromatic nitrogens is 5. The van der Waals surface area contributed by atoms with Crippen molar-refractivity contribution in [2.45, 2.75) is 77.4 Å². The van der Waals surface area contributed by atoms with E-state index < -0.39 is 0 Å². The van der Waals surface area contributed by atoms with Gasteiger partial charge in [0.05, 0.1) is 0 Å². The fourth-order valence-electron chi connectivity index (χ4n) is 4.49. The van der Waals surface area contributed by atoms with Crippen molar-refractivity contribution in [3.63, 3.8) is 0 Å². The van der Waals surface area contributed by atoms with Gasteiger partial charge < -0.3 is 14.8 Å². The van der Waals surface area contributed by atoms with Gasteiger partial charge in [0, 0.05) is 62.4 Å². The Bertz CT molecular complexity index is 816. The van der Waals surface area contributed by atoms with Crippen LogP contribution in [0.5, 0.6) is 0 Å². The largest absolute Gasteiger partial charge is 0.333 e. The zero-order valence-corrected chi connectivity index (χ0v) is 17.1.